The lowest BCUT2D eigenvalue weighted by molar-refractivity contribution is -0.128. The van der Waals surface area contributed by atoms with Crippen molar-refractivity contribution in [3.63, 3.8) is 0 Å². The molecular weight excluding hydrogens is 341 g/mol. The summed E-state index contributed by atoms with van der Waals surface area (Å²) < 4.78 is 12.9. The van der Waals surface area contributed by atoms with Crippen LogP contribution < -0.4 is 5.32 Å². The monoisotopic (exact) mass is 363 g/mol. The van der Waals surface area contributed by atoms with Gasteiger partial charge in [0.05, 0.1) is 6.04 Å². The number of benzene rings is 1. The van der Waals surface area contributed by atoms with Crippen LogP contribution in [0.2, 0.25) is 0 Å². The molecule has 2 amide bonds. The van der Waals surface area contributed by atoms with Gasteiger partial charge in [-0.2, -0.15) is 0 Å². The Kier molecular flexibility index (Phi) is 5.73. The number of carbonyl (C=O) groups is 2. The average molecular weight is 363 g/mol. The van der Waals surface area contributed by atoms with Gasteiger partial charge in [0.15, 0.2) is 5.17 Å². The second-order valence-electron chi connectivity index (χ2n) is 6.30. The van der Waals surface area contributed by atoms with E-state index in [1.165, 1.54) is 48.9 Å². The van der Waals surface area contributed by atoms with Crippen LogP contribution in [0.5, 0.6) is 0 Å². The molecule has 0 aromatic heterocycles. The van der Waals surface area contributed by atoms with E-state index < -0.39 is 5.25 Å². The van der Waals surface area contributed by atoms with Crippen molar-refractivity contribution in [2.24, 2.45) is 4.99 Å². The van der Waals surface area contributed by atoms with Gasteiger partial charge in [0.1, 0.15) is 11.1 Å². The highest BCUT2D eigenvalue weighted by atomic mass is 32.2. The summed E-state index contributed by atoms with van der Waals surface area (Å²) in [6, 6.07) is 5.88. The molecule has 0 spiro atoms. The number of aliphatic imine (C=N–C) groups is 1. The molecule has 1 heterocycles. The Morgan fingerprint density at radius 3 is 2.64 bits per heavy atom. The Morgan fingerprint density at radius 2 is 2.00 bits per heavy atom. The van der Waals surface area contributed by atoms with Crippen LogP contribution in [0.15, 0.2) is 29.3 Å². The zero-order valence-electron chi connectivity index (χ0n) is 14.2. The van der Waals surface area contributed by atoms with Crippen molar-refractivity contribution in [2.45, 2.75) is 50.3 Å². The maximum Gasteiger partial charge on any atom is 0.242 e. The number of nitrogens with one attached hydrogen (secondary N) is 1. The summed E-state index contributed by atoms with van der Waals surface area (Å²) in [7, 11) is 0. The third-order valence-corrected chi connectivity index (χ3v) is 5.64. The molecule has 3 rings (SSSR count). The summed E-state index contributed by atoms with van der Waals surface area (Å²) in [4.78, 5) is 31.2. The summed E-state index contributed by atoms with van der Waals surface area (Å²) in [5.74, 6) is -0.667. The molecule has 5 nitrogen and oxygen atoms in total. The first kappa shape index (κ1) is 17.9. The van der Waals surface area contributed by atoms with Gasteiger partial charge in [-0.05, 0) is 44.0 Å². The molecule has 1 saturated carbocycles. The number of hydrogen-bond acceptors (Lipinski definition) is 4. The van der Waals surface area contributed by atoms with E-state index >= 15 is 0 Å². The smallest absolute Gasteiger partial charge is 0.242 e. The normalized spacial score (nSPS) is 22.8. The fraction of sp³-hybridized carbons (Fsp3) is 0.500. The second kappa shape index (κ2) is 7.99. The van der Waals surface area contributed by atoms with Gasteiger partial charge in [-0.25, -0.2) is 4.39 Å². The lowest BCUT2D eigenvalue weighted by Crippen LogP contribution is -2.33. The maximum atomic E-state index is 12.9. The molecule has 1 saturated heterocycles. The van der Waals surface area contributed by atoms with Gasteiger partial charge in [0.25, 0.3) is 0 Å². The van der Waals surface area contributed by atoms with Crippen LogP contribution in [0.25, 0.3) is 0 Å². The molecule has 1 aliphatic carbocycles. The lowest BCUT2D eigenvalue weighted by atomic mass is 10.2. The Balaban J connectivity index is 1.62. The molecule has 25 heavy (non-hydrogen) atoms. The Labute approximate surface area is 151 Å². The van der Waals surface area contributed by atoms with Crippen LogP contribution in [0.4, 0.5) is 10.1 Å². The van der Waals surface area contributed by atoms with E-state index in [2.05, 4.69) is 5.32 Å². The van der Waals surface area contributed by atoms with Gasteiger partial charge in [0, 0.05) is 18.7 Å². The predicted molar refractivity (Wildman–Crippen MR) is 98.1 cm³/mol. The SMILES string of the molecule is CCN1C(=O)C(CC(=O)Nc2ccc(F)cc2)SC1=NC1CCCC1. The van der Waals surface area contributed by atoms with E-state index in [0.29, 0.717) is 18.3 Å². The van der Waals surface area contributed by atoms with E-state index in [1.54, 1.807) is 4.90 Å². The molecule has 1 atom stereocenters. The molecule has 2 fully saturated rings. The molecule has 1 aromatic rings. The third kappa shape index (κ3) is 4.39. The second-order valence-corrected chi connectivity index (χ2v) is 7.47. The van der Waals surface area contributed by atoms with Crippen LogP contribution in [-0.2, 0) is 9.59 Å². The summed E-state index contributed by atoms with van der Waals surface area (Å²) in [6.07, 6.45) is 4.61. The first-order chi connectivity index (χ1) is 12.1. The number of anilines is 1. The fourth-order valence-electron chi connectivity index (χ4n) is 3.13. The number of amidine groups is 1. The predicted octanol–water partition coefficient (Wildman–Crippen LogP) is 3.42. The van der Waals surface area contributed by atoms with Crippen LogP contribution in [0.1, 0.15) is 39.0 Å². The van der Waals surface area contributed by atoms with E-state index in [4.69, 9.17) is 4.99 Å². The summed E-state index contributed by atoms with van der Waals surface area (Å²) in [6.45, 7) is 2.48. The molecule has 134 valence electrons. The van der Waals surface area contributed by atoms with Crippen LogP contribution >= 0.6 is 11.8 Å². The minimum Gasteiger partial charge on any atom is -0.326 e. The number of carbonyl (C=O) groups excluding carboxylic acids is 2. The standard InChI is InChI=1S/C18H22FN3O2S/c1-2-22-17(24)15(25-18(22)21-13-5-3-4-6-13)11-16(23)20-14-9-7-12(19)8-10-14/h7-10,13,15H,2-6,11H2,1H3,(H,20,23). The van der Waals surface area contributed by atoms with Gasteiger partial charge in [0.2, 0.25) is 11.8 Å². The van der Waals surface area contributed by atoms with E-state index in [1.807, 2.05) is 6.92 Å². The molecule has 1 unspecified atom stereocenters. The summed E-state index contributed by atoms with van der Waals surface area (Å²) >= 11 is 1.39. The molecule has 7 heteroatoms. The number of rotatable bonds is 5. The Hall–Kier alpha value is -1.89. The molecule has 1 N–H and O–H groups in total. The minimum absolute atomic E-state index is 0.0569. The van der Waals surface area contributed by atoms with Crippen LogP contribution in [-0.4, -0.2) is 39.7 Å². The first-order valence-corrected chi connectivity index (χ1v) is 9.56. The first-order valence-electron chi connectivity index (χ1n) is 8.68. The maximum absolute atomic E-state index is 12.9. The zero-order valence-corrected chi connectivity index (χ0v) is 15.0. The highest BCUT2D eigenvalue weighted by molar-refractivity contribution is 8.15. The zero-order chi connectivity index (χ0) is 17.8. The number of thioether (sulfide) groups is 1. The quantitative estimate of drug-likeness (QED) is 0.872. The molecule has 2 aliphatic rings. The number of nitrogens with zero attached hydrogens (tertiary/aromatic N) is 2. The van der Waals surface area contributed by atoms with Crippen molar-refractivity contribution in [1.82, 2.24) is 4.90 Å². The highest BCUT2D eigenvalue weighted by Crippen LogP contribution is 2.32. The molecular formula is C18H22FN3O2S. The van der Waals surface area contributed by atoms with E-state index in [9.17, 15) is 14.0 Å². The van der Waals surface area contributed by atoms with Crippen molar-refractivity contribution in [3.05, 3.63) is 30.1 Å². The molecule has 0 radical (unpaired) electrons. The van der Waals surface area contributed by atoms with Crippen molar-refractivity contribution in [3.8, 4) is 0 Å². The molecule has 1 aromatic carbocycles. The molecule has 0 bridgehead atoms. The number of amides is 2. The van der Waals surface area contributed by atoms with Gasteiger partial charge in [-0.3, -0.25) is 19.5 Å². The lowest BCUT2D eigenvalue weighted by Gasteiger charge is -2.14. The topological polar surface area (TPSA) is 61.8 Å². The summed E-state index contributed by atoms with van der Waals surface area (Å²) in [5, 5.41) is 3.01. The van der Waals surface area contributed by atoms with E-state index in [-0.39, 0.29) is 24.1 Å². The van der Waals surface area contributed by atoms with Gasteiger partial charge in [-0.15, -0.1) is 0 Å². The molecule has 1 aliphatic heterocycles. The van der Waals surface area contributed by atoms with Gasteiger partial charge >= 0.3 is 0 Å². The number of halogens is 1. The van der Waals surface area contributed by atoms with Crippen molar-refractivity contribution in [2.75, 3.05) is 11.9 Å². The third-order valence-electron chi connectivity index (χ3n) is 4.45. The van der Waals surface area contributed by atoms with Crippen molar-refractivity contribution >= 4 is 34.4 Å². The van der Waals surface area contributed by atoms with E-state index in [0.717, 1.165) is 18.0 Å². The number of hydrogen-bond donors (Lipinski definition) is 1. The average Bonchev–Trinajstić information content (AvgIpc) is 3.19. The Bertz CT molecular complexity index is 671. The van der Waals surface area contributed by atoms with Crippen molar-refractivity contribution in [1.29, 1.82) is 0 Å². The minimum atomic E-state index is -0.444. The van der Waals surface area contributed by atoms with Gasteiger partial charge in [-0.1, -0.05) is 24.6 Å². The Morgan fingerprint density at radius 1 is 1.32 bits per heavy atom. The highest BCUT2D eigenvalue weighted by Gasteiger charge is 2.38. The van der Waals surface area contributed by atoms with Gasteiger partial charge < -0.3 is 5.32 Å². The van der Waals surface area contributed by atoms with Crippen LogP contribution in [0.3, 0.4) is 0 Å². The largest absolute Gasteiger partial charge is 0.326 e. The summed E-state index contributed by atoms with van der Waals surface area (Å²) in [5.41, 5.74) is 0.522. The van der Waals surface area contributed by atoms with Crippen LogP contribution in [0, 0.1) is 5.82 Å². The van der Waals surface area contributed by atoms with Crippen molar-refractivity contribution < 1.29 is 14.0 Å². The fourth-order valence-corrected chi connectivity index (χ4v) is 4.41.